The summed E-state index contributed by atoms with van der Waals surface area (Å²) in [5, 5.41) is 33.3. The Morgan fingerprint density at radius 1 is 1.03 bits per heavy atom. The van der Waals surface area contributed by atoms with E-state index in [2.05, 4.69) is 25.6 Å². The number of nitrogens with zero attached hydrogens (tertiary/aromatic N) is 5. The van der Waals surface area contributed by atoms with Gasteiger partial charge in [-0.1, -0.05) is 49.4 Å². The Morgan fingerprint density at radius 3 is 2.44 bits per heavy atom. The second-order valence-corrected chi connectivity index (χ2v) is 7.17. The number of aromatic amines is 1. The molecule has 0 unspecified atom stereocenters. The fourth-order valence-electron chi connectivity index (χ4n) is 3.66. The first-order valence-corrected chi connectivity index (χ1v) is 9.98. The Hall–Kier alpha value is -4.34. The van der Waals surface area contributed by atoms with Crippen LogP contribution in [0.4, 0.5) is 0 Å². The summed E-state index contributed by atoms with van der Waals surface area (Å²) < 4.78 is 1.45. The van der Waals surface area contributed by atoms with E-state index in [1.165, 1.54) is 4.57 Å². The highest BCUT2D eigenvalue weighted by molar-refractivity contribution is 5.99. The fourth-order valence-corrected chi connectivity index (χ4v) is 3.66. The second-order valence-electron chi connectivity index (χ2n) is 7.17. The molecule has 3 N–H and O–H groups in total. The average molecular weight is 432 g/mol. The third-order valence-corrected chi connectivity index (χ3v) is 5.04. The van der Waals surface area contributed by atoms with Gasteiger partial charge in [-0.15, -0.1) is 5.10 Å². The molecule has 0 aliphatic heterocycles. The number of tetrazole rings is 1. The number of nitrogens with one attached hydrogen (secondary N) is 1. The van der Waals surface area contributed by atoms with E-state index in [9.17, 15) is 19.8 Å². The molecule has 0 aliphatic carbocycles. The maximum atomic E-state index is 11.9. The first-order chi connectivity index (χ1) is 15.5. The smallest absolute Gasteiger partial charge is 0.357 e. The Bertz CT molecular complexity index is 1270. The zero-order valence-corrected chi connectivity index (χ0v) is 17.2. The summed E-state index contributed by atoms with van der Waals surface area (Å²) in [6.45, 7) is 2.06. The number of carboxylic acids is 2. The van der Waals surface area contributed by atoms with E-state index in [0.717, 1.165) is 22.3 Å². The van der Waals surface area contributed by atoms with Crippen LogP contribution >= 0.6 is 0 Å². The number of aromatic carboxylic acids is 2. The molecule has 2 aromatic heterocycles. The van der Waals surface area contributed by atoms with Gasteiger partial charge in [-0.25, -0.2) is 19.7 Å². The lowest BCUT2D eigenvalue weighted by Gasteiger charge is -2.13. The molecular weight excluding hydrogens is 412 g/mol. The van der Waals surface area contributed by atoms with Gasteiger partial charge in [-0.05, 0) is 39.6 Å². The van der Waals surface area contributed by atoms with Crippen molar-refractivity contribution in [3.8, 4) is 22.5 Å². The molecule has 0 saturated carbocycles. The molecule has 0 fully saturated rings. The highest BCUT2D eigenvalue weighted by Crippen LogP contribution is 2.31. The van der Waals surface area contributed by atoms with Crippen molar-refractivity contribution < 1.29 is 19.8 Å². The van der Waals surface area contributed by atoms with Crippen molar-refractivity contribution >= 4 is 11.9 Å². The van der Waals surface area contributed by atoms with Crippen LogP contribution in [-0.2, 0) is 13.0 Å². The Kier molecular flexibility index (Phi) is 5.75. The van der Waals surface area contributed by atoms with Crippen molar-refractivity contribution in [1.82, 2.24) is 30.2 Å². The monoisotopic (exact) mass is 432 g/mol. The van der Waals surface area contributed by atoms with Gasteiger partial charge in [0.2, 0.25) is 0 Å². The van der Waals surface area contributed by atoms with E-state index in [-0.39, 0.29) is 12.2 Å². The number of imidazole rings is 1. The van der Waals surface area contributed by atoms with Crippen LogP contribution in [-0.4, -0.2) is 52.3 Å². The van der Waals surface area contributed by atoms with Crippen LogP contribution in [0, 0.1) is 0 Å². The van der Waals surface area contributed by atoms with Gasteiger partial charge in [0.15, 0.2) is 17.2 Å². The van der Waals surface area contributed by atoms with Crippen molar-refractivity contribution in [2.24, 2.45) is 0 Å². The van der Waals surface area contributed by atoms with Gasteiger partial charge in [0.25, 0.3) is 0 Å². The summed E-state index contributed by atoms with van der Waals surface area (Å²) in [6.07, 6.45) is 1.14. The molecule has 32 heavy (non-hydrogen) atoms. The minimum atomic E-state index is -1.37. The summed E-state index contributed by atoms with van der Waals surface area (Å²) in [4.78, 5) is 27.6. The zero-order chi connectivity index (χ0) is 22.7. The third-order valence-electron chi connectivity index (χ3n) is 5.04. The number of hydrogen-bond acceptors (Lipinski definition) is 6. The highest BCUT2D eigenvalue weighted by Gasteiger charge is 2.27. The summed E-state index contributed by atoms with van der Waals surface area (Å²) in [5.74, 6) is -1.82. The maximum Gasteiger partial charge on any atom is 0.357 e. The number of carbonyl (C=O) groups is 2. The predicted octanol–water partition coefficient (Wildman–Crippen LogP) is 3.13. The van der Waals surface area contributed by atoms with Gasteiger partial charge in [0.1, 0.15) is 5.82 Å². The summed E-state index contributed by atoms with van der Waals surface area (Å²) >= 11 is 0. The lowest BCUT2D eigenvalue weighted by atomic mass is 9.97. The SMILES string of the molecule is CCCc1nc(C(=O)O)c(C(=O)O)n1Cc1ccc(-c2ccccc2)c(-c2nnn[nH]2)c1. The Morgan fingerprint density at radius 2 is 1.81 bits per heavy atom. The third kappa shape index (κ3) is 3.97. The molecule has 4 rings (SSSR count). The van der Waals surface area contributed by atoms with Gasteiger partial charge in [0, 0.05) is 18.5 Å². The largest absolute Gasteiger partial charge is 0.476 e. The van der Waals surface area contributed by atoms with Crippen LogP contribution in [0.25, 0.3) is 22.5 Å². The van der Waals surface area contributed by atoms with Gasteiger partial charge in [-0.3, -0.25) is 0 Å². The quantitative estimate of drug-likeness (QED) is 0.385. The molecule has 0 atom stereocenters. The van der Waals surface area contributed by atoms with E-state index in [0.29, 0.717) is 24.5 Å². The number of rotatable bonds is 8. The molecule has 2 aromatic carbocycles. The Balaban J connectivity index is 1.83. The summed E-state index contributed by atoms with van der Waals surface area (Å²) in [7, 11) is 0. The lowest BCUT2D eigenvalue weighted by Crippen LogP contribution is -2.15. The first-order valence-electron chi connectivity index (χ1n) is 9.98. The van der Waals surface area contributed by atoms with Crippen molar-refractivity contribution in [2.45, 2.75) is 26.3 Å². The molecule has 2 heterocycles. The van der Waals surface area contributed by atoms with Gasteiger partial charge >= 0.3 is 11.9 Å². The van der Waals surface area contributed by atoms with Crippen LogP contribution in [0.3, 0.4) is 0 Å². The number of aryl methyl sites for hydroxylation is 1. The standard InChI is InChI=1S/C22H20N6O4/c1-2-6-17-23-18(21(29)30)19(22(31)32)28(17)12-13-9-10-15(14-7-4-3-5-8-14)16(11-13)20-24-26-27-25-20/h3-5,7-11H,2,6,12H2,1H3,(H,29,30)(H,31,32)(H,24,25,26,27). The number of H-pyrrole nitrogens is 1. The summed E-state index contributed by atoms with van der Waals surface area (Å²) in [5.41, 5.74) is 2.57. The highest BCUT2D eigenvalue weighted by atomic mass is 16.4. The van der Waals surface area contributed by atoms with Crippen molar-refractivity contribution in [3.63, 3.8) is 0 Å². The first kappa shape index (κ1) is 20.9. The van der Waals surface area contributed by atoms with Gasteiger partial charge in [-0.2, -0.15) is 0 Å². The number of benzene rings is 2. The molecule has 0 aliphatic rings. The molecule has 4 aromatic rings. The number of carboxylic acid groups (broad SMARTS) is 2. The predicted molar refractivity (Wildman–Crippen MR) is 114 cm³/mol. The molecule has 10 heteroatoms. The van der Waals surface area contributed by atoms with Gasteiger partial charge in [0.05, 0.1) is 0 Å². The normalized spacial score (nSPS) is 10.9. The molecule has 0 radical (unpaired) electrons. The second kappa shape index (κ2) is 8.80. The van der Waals surface area contributed by atoms with E-state index >= 15 is 0 Å². The molecule has 162 valence electrons. The lowest BCUT2D eigenvalue weighted by molar-refractivity contribution is 0.0640. The summed E-state index contributed by atoms with van der Waals surface area (Å²) in [6, 6.07) is 15.4. The number of hydrogen-bond donors (Lipinski definition) is 3. The molecule has 0 bridgehead atoms. The van der Waals surface area contributed by atoms with Crippen LogP contribution < -0.4 is 0 Å². The Labute approximate surface area is 182 Å². The van der Waals surface area contributed by atoms with Crippen LogP contribution in [0.15, 0.2) is 48.5 Å². The van der Waals surface area contributed by atoms with E-state index in [1.807, 2.05) is 55.5 Å². The molecule has 0 amide bonds. The van der Waals surface area contributed by atoms with Crippen molar-refractivity contribution in [1.29, 1.82) is 0 Å². The molecular formula is C22H20N6O4. The minimum absolute atomic E-state index is 0.140. The van der Waals surface area contributed by atoms with E-state index < -0.39 is 17.6 Å². The van der Waals surface area contributed by atoms with Crippen LogP contribution in [0.2, 0.25) is 0 Å². The minimum Gasteiger partial charge on any atom is -0.476 e. The average Bonchev–Trinajstić information content (AvgIpc) is 3.44. The zero-order valence-electron chi connectivity index (χ0n) is 17.2. The number of aromatic nitrogens is 6. The van der Waals surface area contributed by atoms with Crippen molar-refractivity contribution in [2.75, 3.05) is 0 Å². The van der Waals surface area contributed by atoms with E-state index in [4.69, 9.17) is 0 Å². The van der Waals surface area contributed by atoms with Gasteiger partial charge < -0.3 is 14.8 Å². The fraction of sp³-hybridized carbons (Fsp3) is 0.182. The maximum absolute atomic E-state index is 11.9. The molecule has 10 nitrogen and oxygen atoms in total. The van der Waals surface area contributed by atoms with Crippen LogP contribution in [0.1, 0.15) is 45.7 Å². The van der Waals surface area contributed by atoms with Crippen LogP contribution in [0.5, 0.6) is 0 Å². The molecule has 0 saturated heterocycles. The topological polar surface area (TPSA) is 147 Å². The van der Waals surface area contributed by atoms with E-state index in [1.54, 1.807) is 0 Å². The molecule has 0 spiro atoms. The van der Waals surface area contributed by atoms with Crippen molar-refractivity contribution in [3.05, 3.63) is 71.3 Å².